The van der Waals surface area contributed by atoms with Gasteiger partial charge in [0.2, 0.25) is 0 Å². The Kier molecular flexibility index (Phi) is 5.55. The van der Waals surface area contributed by atoms with Gasteiger partial charge in [-0.1, -0.05) is 36.4 Å². The fourth-order valence-electron chi connectivity index (χ4n) is 5.61. The lowest BCUT2D eigenvalue weighted by Crippen LogP contribution is -2.34. The second-order valence-corrected chi connectivity index (χ2v) is 9.08. The number of pyridine rings is 1. The number of hydrogen-bond acceptors (Lipinski definition) is 3. The summed E-state index contributed by atoms with van der Waals surface area (Å²) >= 11 is 0. The van der Waals surface area contributed by atoms with Gasteiger partial charge in [-0.15, -0.1) is 12.4 Å². The summed E-state index contributed by atoms with van der Waals surface area (Å²) in [5.74, 6) is 0.588. The number of ether oxygens (including phenoxy) is 1. The van der Waals surface area contributed by atoms with Gasteiger partial charge in [-0.2, -0.15) is 0 Å². The van der Waals surface area contributed by atoms with Crippen molar-refractivity contribution in [2.45, 2.75) is 38.0 Å². The lowest BCUT2D eigenvalue weighted by Gasteiger charge is -2.32. The maximum atomic E-state index is 12.9. The summed E-state index contributed by atoms with van der Waals surface area (Å²) in [6.45, 7) is 0.446. The first-order valence-electron chi connectivity index (χ1n) is 11.3. The molecule has 2 aromatic heterocycles. The van der Waals surface area contributed by atoms with Crippen LogP contribution in [0.1, 0.15) is 35.7 Å². The Labute approximate surface area is 199 Å². The Hall–Kier alpha value is -3.02. The van der Waals surface area contributed by atoms with Crippen LogP contribution >= 0.6 is 12.4 Å². The number of rotatable bonds is 4. The van der Waals surface area contributed by atoms with Crippen LogP contribution in [0.25, 0.3) is 16.6 Å². The van der Waals surface area contributed by atoms with Crippen molar-refractivity contribution in [1.29, 1.82) is 0 Å². The van der Waals surface area contributed by atoms with Crippen molar-refractivity contribution < 1.29 is 4.74 Å². The zero-order chi connectivity index (χ0) is 21.8. The first kappa shape index (κ1) is 21.8. The van der Waals surface area contributed by atoms with Gasteiger partial charge in [0.25, 0.3) is 5.56 Å². The molecule has 2 atom stereocenters. The number of hydrogen-bond donors (Lipinski definition) is 0. The maximum absolute atomic E-state index is 12.9. The average molecular weight is 462 g/mol. The zero-order valence-corrected chi connectivity index (χ0v) is 19.7. The van der Waals surface area contributed by atoms with E-state index in [1.54, 1.807) is 10.6 Å². The molecule has 4 aromatic rings. The summed E-state index contributed by atoms with van der Waals surface area (Å²) in [4.78, 5) is 15.4. The third-order valence-electron chi connectivity index (χ3n) is 7.37. The molecule has 0 radical (unpaired) electrons. The zero-order valence-electron chi connectivity index (χ0n) is 18.9. The molecule has 4 heterocycles. The molecule has 2 bridgehead atoms. The summed E-state index contributed by atoms with van der Waals surface area (Å²) in [7, 11) is 4.43. The summed E-state index contributed by atoms with van der Waals surface area (Å²) in [5.41, 5.74) is 6.02. The van der Waals surface area contributed by atoms with Gasteiger partial charge in [-0.05, 0) is 49.2 Å². The largest absolute Gasteiger partial charge is 0.489 e. The Balaban J connectivity index is 0.00000228. The van der Waals surface area contributed by atoms with Crippen LogP contribution in [0.5, 0.6) is 5.75 Å². The van der Waals surface area contributed by atoms with Gasteiger partial charge in [-0.25, -0.2) is 0 Å². The predicted molar refractivity (Wildman–Crippen MR) is 134 cm³/mol. The summed E-state index contributed by atoms with van der Waals surface area (Å²) in [5, 5.41) is 1.32. The Morgan fingerprint density at radius 2 is 1.82 bits per heavy atom. The second-order valence-electron chi connectivity index (χ2n) is 9.08. The first-order valence-corrected chi connectivity index (χ1v) is 11.3. The van der Waals surface area contributed by atoms with E-state index in [0.717, 1.165) is 17.7 Å². The Bertz CT molecular complexity index is 1380. The van der Waals surface area contributed by atoms with Crippen molar-refractivity contribution in [3.05, 3.63) is 94.0 Å². The van der Waals surface area contributed by atoms with Crippen molar-refractivity contribution in [2.24, 2.45) is 7.05 Å². The van der Waals surface area contributed by atoms with Crippen molar-refractivity contribution in [3.63, 3.8) is 0 Å². The lowest BCUT2D eigenvalue weighted by molar-refractivity contribution is 0.222. The topological polar surface area (TPSA) is 39.4 Å². The van der Waals surface area contributed by atoms with Crippen molar-refractivity contribution in [2.75, 3.05) is 7.05 Å². The molecule has 0 saturated carbocycles. The molecule has 1 fully saturated rings. The van der Waals surface area contributed by atoms with Crippen LogP contribution in [0.2, 0.25) is 0 Å². The molecule has 0 amide bonds. The minimum absolute atomic E-state index is 0. The number of halogens is 1. The average Bonchev–Trinajstić information content (AvgIpc) is 3.21. The smallest absolute Gasteiger partial charge is 0.258 e. The molecule has 2 aliphatic rings. The number of likely N-dealkylation sites (N-methyl/N-ethyl adjacent to an activating group) is 1. The van der Waals surface area contributed by atoms with Gasteiger partial charge in [-0.3, -0.25) is 14.3 Å². The van der Waals surface area contributed by atoms with Gasteiger partial charge < -0.3 is 9.30 Å². The molecular weight excluding hydrogens is 434 g/mol. The summed E-state index contributed by atoms with van der Waals surface area (Å²) < 4.78 is 9.86. The van der Waals surface area contributed by atoms with E-state index in [4.69, 9.17) is 4.74 Å². The van der Waals surface area contributed by atoms with Gasteiger partial charge >= 0.3 is 0 Å². The van der Waals surface area contributed by atoms with Gasteiger partial charge in [0.15, 0.2) is 0 Å². The van der Waals surface area contributed by atoms with E-state index in [2.05, 4.69) is 41.8 Å². The van der Waals surface area contributed by atoms with E-state index in [-0.39, 0.29) is 18.0 Å². The summed E-state index contributed by atoms with van der Waals surface area (Å²) in [6, 6.07) is 21.0. The quantitative estimate of drug-likeness (QED) is 0.428. The highest BCUT2D eigenvalue weighted by atomic mass is 35.5. The van der Waals surface area contributed by atoms with E-state index in [0.29, 0.717) is 24.4 Å². The fourth-order valence-corrected chi connectivity index (χ4v) is 5.61. The number of benzene rings is 2. The molecule has 2 aromatic carbocycles. The minimum Gasteiger partial charge on any atom is -0.489 e. The highest BCUT2D eigenvalue weighted by molar-refractivity contribution is 5.88. The maximum Gasteiger partial charge on any atom is 0.258 e. The van der Waals surface area contributed by atoms with Crippen LogP contribution in [0.3, 0.4) is 0 Å². The van der Waals surface area contributed by atoms with E-state index in [1.165, 1.54) is 35.0 Å². The van der Waals surface area contributed by atoms with Crippen LogP contribution in [0, 0.1) is 0 Å². The van der Waals surface area contributed by atoms with Crippen LogP contribution in [-0.4, -0.2) is 27.1 Å². The van der Waals surface area contributed by atoms with Gasteiger partial charge in [0, 0.05) is 48.9 Å². The van der Waals surface area contributed by atoms with Crippen molar-refractivity contribution >= 4 is 23.3 Å². The Morgan fingerprint density at radius 1 is 1.00 bits per heavy atom. The van der Waals surface area contributed by atoms with Crippen molar-refractivity contribution in [1.82, 2.24) is 14.0 Å². The molecule has 6 heteroatoms. The van der Waals surface area contributed by atoms with E-state index in [9.17, 15) is 4.79 Å². The molecule has 0 aliphatic carbocycles. The molecule has 1 saturated heterocycles. The number of nitrogens with zero attached hydrogens (tertiary/aromatic N) is 3. The highest BCUT2D eigenvalue weighted by Crippen LogP contribution is 2.46. The summed E-state index contributed by atoms with van der Waals surface area (Å²) in [6.07, 6.45) is 5.43. The van der Waals surface area contributed by atoms with Crippen molar-refractivity contribution in [3.8, 4) is 11.4 Å². The number of aryl methyl sites for hydroxylation is 1. The highest BCUT2D eigenvalue weighted by Gasteiger charge is 2.40. The standard InChI is InChI=1S/C27H27N3O2.ClH/c1-28-19-9-11-23(28)27-22-10-8-20(15-24(22)29(2)25(27)14-19)30-13-12-21(16-26(30)31)32-17-18-6-4-3-5-7-18;/h3-8,10,12-13,15-16,19,23H,9,11,14,17H2,1-2H3;1H. The molecule has 2 aliphatic heterocycles. The van der Waals surface area contributed by atoms with E-state index >= 15 is 0 Å². The molecule has 170 valence electrons. The Morgan fingerprint density at radius 3 is 2.61 bits per heavy atom. The normalized spacial score (nSPS) is 19.3. The van der Waals surface area contributed by atoms with Gasteiger partial charge in [0.05, 0.1) is 11.2 Å². The minimum atomic E-state index is -0.0901. The van der Waals surface area contributed by atoms with E-state index in [1.807, 2.05) is 42.6 Å². The van der Waals surface area contributed by atoms with E-state index < -0.39 is 0 Å². The first-order chi connectivity index (χ1) is 15.6. The number of fused-ring (bicyclic) bond motifs is 6. The molecule has 33 heavy (non-hydrogen) atoms. The van der Waals surface area contributed by atoms with Crippen LogP contribution < -0.4 is 10.3 Å². The third-order valence-corrected chi connectivity index (χ3v) is 7.37. The predicted octanol–water partition coefficient (Wildman–Crippen LogP) is 5.02. The molecule has 0 spiro atoms. The van der Waals surface area contributed by atoms with Crippen LogP contribution in [-0.2, 0) is 20.1 Å². The van der Waals surface area contributed by atoms with Crippen LogP contribution in [0.4, 0.5) is 0 Å². The monoisotopic (exact) mass is 461 g/mol. The molecular formula is C27H28ClN3O2. The molecule has 6 rings (SSSR count). The van der Waals surface area contributed by atoms with Gasteiger partial charge in [0.1, 0.15) is 12.4 Å². The number of aromatic nitrogens is 2. The lowest BCUT2D eigenvalue weighted by atomic mass is 9.97. The molecule has 5 nitrogen and oxygen atoms in total. The molecule has 0 N–H and O–H groups in total. The van der Waals surface area contributed by atoms with Crippen LogP contribution in [0.15, 0.2) is 71.7 Å². The third kappa shape index (κ3) is 3.56. The fraction of sp³-hybridized carbons (Fsp3) is 0.296. The second kappa shape index (κ2) is 8.40. The SMILES string of the molecule is CN1C2CCC1c1c(n(C)c3cc(-n4ccc(OCc5ccccc5)cc4=O)ccc13)C2.Cl. The molecule has 2 unspecified atom stereocenters.